The number of hydrogen-bond donors (Lipinski definition) is 1. The van der Waals surface area contributed by atoms with Crippen molar-refractivity contribution in [3.05, 3.63) is 45.4 Å². The van der Waals surface area contributed by atoms with Crippen LogP contribution in [0.2, 0.25) is 5.02 Å². The van der Waals surface area contributed by atoms with E-state index in [0.29, 0.717) is 23.4 Å². The molecule has 0 aliphatic rings. The summed E-state index contributed by atoms with van der Waals surface area (Å²) in [6.45, 7) is 2.69. The van der Waals surface area contributed by atoms with Crippen LogP contribution in [0.25, 0.3) is 11.4 Å². The first-order chi connectivity index (χ1) is 10.2. The normalized spacial score (nSPS) is 10.8. The lowest BCUT2D eigenvalue weighted by molar-refractivity contribution is 0.432. The number of anilines is 1. The number of thiazole rings is 1. The van der Waals surface area contributed by atoms with Gasteiger partial charge in [-0.05, 0) is 19.1 Å². The first kappa shape index (κ1) is 14.0. The van der Waals surface area contributed by atoms with E-state index in [4.69, 9.17) is 16.1 Å². The molecule has 1 aromatic carbocycles. The number of nitrogens with zero attached hydrogens (tertiary/aromatic N) is 3. The zero-order chi connectivity index (χ0) is 14.7. The molecule has 3 rings (SSSR count). The van der Waals surface area contributed by atoms with Gasteiger partial charge in [-0.25, -0.2) is 4.98 Å². The van der Waals surface area contributed by atoms with Gasteiger partial charge in [-0.3, -0.25) is 0 Å². The monoisotopic (exact) mass is 320 g/mol. The molecule has 0 radical (unpaired) electrons. The van der Waals surface area contributed by atoms with E-state index in [-0.39, 0.29) is 0 Å². The summed E-state index contributed by atoms with van der Waals surface area (Å²) in [6, 6.07) is 7.75. The van der Waals surface area contributed by atoms with Crippen LogP contribution in [0.3, 0.4) is 0 Å². The molecule has 0 saturated heterocycles. The van der Waals surface area contributed by atoms with Crippen molar-refractivity contribution in [1.29, 1.82) is 0 Å². The zero-order valence-corrected chi connectivity index (χ0v) is 12.9. The van der Waals surface area contributed by atoms with Gasteiger partial charge < -0.3 is 9.84 Å². The Morgan fingerprint density at radius 3 is 3.00 bits per heavy atom. The van der Waals surface area contributed by atoms with Crippen molar-refractivity contribution in [2.75, 3.05) is 11.9 Å². The zero-order valence-electron chi connectivity index (χ0n) is 11.3. The van der Waals surface area contributed by atoms with E-state index in [9.17, 15) is 0 Å². The minimum Gasteiger partial charge on any atom is -0.337 e. The lowest BCUT2D eigenvalue weighted by Crippen LogP contribution is -2.05. The SMILES string of the molecule is Cc1nc(CCNc2nc(-c3cccc(Cl)c3)no2)cs1. The average Bonchev–Trinajstić information content (AvgIpc) is 3.08. The molecule has 5 nitrogen and oxygen atoms in total. The average molecular weight is 321 g/mol. The Kier molecular flexibility index (Phi) is 4.17. The van der Waals surface area contributed by atoms with Gasteiger partial charge >= 0.3 is 6.01 Å². The van der Waals surface area contributed by atoms with Crippen molar-refractivity contribution in [2.45, 2.75) is 13.3 Å². The van der Waals surface area contributed by atoms with Gasteiger partial charge in [-0.2, -0.15) is 4.98 Å². The van der Waals surface area contributed by atoms with Gasteiger partial charge in [0.15, 0.2) is 0 Å². The molecule has 0 saturated carbocycles. The molecular formula is C14H13ClN4OS. The number of hydrogen-bond acceptors (Lipinski definition) is 6. The van der Waals surface area contributed by atoms with Gasteiger partial charge in [0.05, 0.1) is 10.7 Å². The number of nitrogens with one attached hydrogen (secondary N) is 1. The highest BCUT2D eigenvalue weighted by Crippen LogP contribution is 2.21. The maximum Gasteiger partial charge on any atom is 0.321 e. The smallest absolute Gasteiger partial charge is 0.321 e. The van der Waals surface area contributed by atoms with Crippen LogP contribution in [-0.4, -0.2) is 21.7 Å². The van der Waals surface area contributed by atoms with Crippen LogP contribution in [-0.2, 0) is 6.42 Å². The van der Waals surface area contributed by atoms with E-state index >= 15 is 0 Å². The third-order valence-corrected chi connectivity index (χ3v) is 3.89. The van der Waals surface area contributed by atoms with Crippen LogP contribution in [0.1, 0.15) is 10.7 Å². The molecule has 7 heteroatoms. The first-order valence-electron chi connectivity index (χ1n) is 6.45. The summed E-state index contributed by atoms with van der Waals surface area (Å²) in [5.74, 6) is 0.518. The van der Waals surface area contributed by atoms with Crippen molar-refractivity contribution in [1.82, 2.24) is 15.1 Å². The Morgan fingerprint density at radius 2 is 2.24 bits per heavy atom. The molecule has 108 valence electrons. The summed E-state index contributed by atoms with van der Waals surface area (Å²) in [5.41, 5.74) is 1.90. The lowest BCUT2D eigenvalue weighted by atomic mass is 10.2. The summed E-state index contributed by atoms with van der Waals surface area (Å²) in [7, 11) is 0. The highest BCUT2D eigenvalue weighted by molar-refractivity contribution is 7.09. The molecule has 0 atom stereocenters. The van der Waals surface area contributed by atoms with E-state index in [2.05, 4.69) is 25.8 Å². The molecule has 0 amide bonds. The Labute approximate surface area is 131 Å². The van der Waals surface area contributed by atoms with Crippen LogP contribution >= 0.6 is 22.9 Å². The standard InChI is InChI=1S/C14H13ClN4OS/c1-9-17-12(8-21-9)5-6-16-14-18-13(19-20-14)10-3-2-4-11(15)7-10/h2-4,7-8H,5-6H2,1H3,(H,16,18,19). The minimum atomic E-state index is 0.400. The van der Waals surface area contributed by atoms with Crippen LogP contribution in [0, 0.1) is 6.92 Å². The number of halogens is 1. The Balaban J connectivity index is 1.60. The van der Waals surface area contributed by atoms with Crippen LogP contribution < -0.4 is 5.32 Å². The van der Waals surface area contributed by atoms with E-state index in [1.54, 1.807) is 23.5 Å². The molecule has 0 aliphatic carbocycles. The molecule has 0 spiro atoms. The summed E-state index contributed by atoms with van der Waals surface area (Å²) in [6.07, 6.45) is 0.819. The van der Waals surface area contributed by atoms with Crippen molar-refractivity contribution in [2.24, 2.45) is 0 Å². The second-order valence-corrected chi connectivity index (χ2v) is 5.97. The predicted molar refractivity (Wildman–Crippen MR) is 83.8 cm³/mol. The third-order valence-electron chi connectivity index (χ3n) is 2.83. The summed E-state index contributed by atoms with van der Waals surface area (Å²) in [5, 5.41) is 10.8. The number of rotatable bonds is 5. The second-order valence-electron chi connectivity index (χ2n) is 4.47. The molecule has 3 aromatic rings. The third kappa shape index (κ3) is 3.59. The molecule has 0 unspecified atom stereocenters. The number of aromatic nitrogens is 3. The van der Waals surface area contributed by atoms with Crippen molar-refractivity contribution in [3.8, 4) is 11.4 Å². The van der Waals surface area contributed by atoms with Gasteiger partial charge in [0.2, 0.25) is 5.82 Å². The van der Waals surface area contributed by atoms with Crippen molar-refractivity contribution < 1.29 is 4.52 Å². The van der Waals surface area contributed by atoms with Gasteiger partial charge in [-0.1, -0.05) is 28.9 Å². The van der Waals surface area contributed by atoms with Crippen LogP contribution in [0.15, 0.2) is 34.2 Å². The molecule has 1 N–H and O–H groups in total. The minimum absolute atomic E-state index is 0.400. The molecule has 0 fully saturated rings. The summed E-state index contributed by atoms with van der Waals surface area (Å²) < 4.78 is 5.17. The molecule has 2 heterocycles. The van der Waals surface area contributed by atoms with E-state index in [1.165, 1.54) is 0 Å². The molecule has 0 aliphatic heterocycles. The summed E-state index contributed by atoms with van der Waals surface area (Å²) >= 11 is 7.60. The van der Waals surface area contributed by atoms with E-state index in [0.717, 1.165) is 22.7 Å². The Hall–Kier alpha value is -1.92. The van der Waals surface area contributed by atoms with Gasteiger partial charge in [0.1, 0.15) is 0 Å². The Bertz CT molecular complexity index is 740. The van der Waals surface area contributed by atoms with Crippen LogP contribution in [0.4, 0.5) is 6.01 Å². The van der Waals surface area contributed by atoms with E-state index < -0.39 is 0 Å². The number of benzene rings is 1. The molecule has 2 aromatic heterocycles. The fourth-order valence-corrected chi connectivity index (χ4v) is 2.70. The van der Waals surface area contributed by atoms with Crippen molar-refractivity contribution >= 4 is 29.0 Å². The molecular weight excluding hydrogens is 308 g/mol. The van der Waals surface area contributed by atoms with Crippen LogP contribution in [0.5, 0.6) is 0 Å². The van der Waals surface area contributed by atoms with Crippen molar-refractivity contribution in [3.63, 3.8) is 0 Å². The highest BCUT2D eigenvalue weighted by Gasteiger charge is 2.08. The van der Waals surface area contributed by atoms with Gasteiger partial charge in [-0.15, -0.1) is 11.3 Å². The summed E-state index contributed by atoms with van der Waals surface area (Å²) in [4.78, 5) is 8.69. The second kappa shape index (κ2) is 6.24. The number of aryl methyl sites for hydroxylation is 1. The predicted octanol–water partition coefficient (Wildman–Crippen LogP) is 3.81. The first-order valence-corrected chi connectivity index (χ1v) is 7.71. The quantitative estimate of drug-likeness (QED) is 0.774. The highest BCUT2D eigenvalue weighted by atomic mass is 35.5. The molecule has 21 heavy (non-hydrogen) atoms. The van der Waals surface area contributed by atoms with Gasteiger partial charge in [0.25, 0.3) is 0 Å². The van der Waals surface area contributed by atoms with E-state index in [1.807, 2.05) is 19.1 Å². The molecule has 0 bridgehead atoms. The topological polar surface area (TPSA) is 63.8 Å². The maximum absolute atomic E-state index is 5.95. The van der Waals surface area contributed by atoms with Gasteiger partial charge in [0, 0.05) is 28.9 Å². The Morgan fingerprint density at radius 1 is 1.33 bits per heavy atom. The fraction of sp³-hybridized carbons (Fsp3) is 0.214. The maximum atomic E-state index is 5.95. The lowest BCUT2D eigenvalue weighted by Gasteiger charge is -1.97. The fourth-order valence-electron chi connectivity index (χ4n) is 1.86. The largest absolute Gasteiger partial charge is 0.337 e.